The number of nitrogens with one attached hydrogen (secondary N) is 1. The van der Waals surface area contributed by atoms with Crippen LogP contribution in [-0.2, 0) is 14.8 Å². The first-order chi connectivity index (χ1) is 11.1. The van der Waals surface area contributed by atoms with E-state index in [9.17, 15) is 13.2 Å². The molecule has 3 rings (SSSR count). The largest absolute Gasteiger partial charge is 0.379 e. The van der Waals surface area contributed by atoms with Crippen LogP contribution in [0.4, 0.5) is 5.69 Å². The summed E-state index contributed by atoms with van der Waals surface area (Å²) < 4.78 is 31.8. The van der Waals surface area contributed by atoms with Crippen LogP contribution >= 0.6 is 11.3 Å². The molecular formula is C15H16N2O4S2. The second-order valence-corrected chi connectivity index (χ2v) is 7.86. The van der Waals surface area contributed by atoms with E-state index < -0.39 is 10.0 Å². The van der Waals surface area contributed by atoms with Crippen molar-refractivity contribution in [3.05, 3.63) is 46.7 Å². The molecule has 1 aromatic heterocycles. The van der Waals surface area contributed by atoms with Gasteiger partial charge in [0.25, 0.3) is 5.91 Å². The van der Waals surface area contributed by atoms with Crippen LogP contribution < -0.4 is 5.32 Å². The second kappa shape index (κ2) is 6.79. The number of thiophene rings is 1. The Morgan fingerprint density at radius 2 is 1.96 bits per heavy atom. The molecule has 6 nitrogen and oxygen atoms in total. The van der Waals surface area contributed by atoms with Crippen molar-refractivity contribution in [1.29, 1.82) is 0 Å². The van der Waals surface area contributed by atoms with Crippen LogP contribution in [0.5, 0.6) is 0 Å². The molecule has 1 fully saturated rings. The van der Waals surface area contributed by atoms with E-state index in [1.807, 2.05) is 5.38 Å². The third-order valence-corrected chi connectivity index (χ3v) is 6.21. The maximum absolute atomic E-state index is 12.6. The van der Waals surface area contributed by atoms with Gasteiger partial charge in [-0.25, -0.2) is 8.42 Å². The van der Waals surface area contributed by atoms with Crippen LogP contribution in [0.25, 0.3) is 0 Å². The topological polar surface area (TPSA) is 75.7 Å². The van der Waals surface area contributed by atoms with Crippen molar-refractivity contribution in [2.45, 2.75) is 4.90 Å². The minimum atomic E-state index is -3.57. The molecule has 1 aliphatic rings. The van der Waals surface area contributed by atoms with Gasteiger partial charge in [-0.05, 0) is 29.6 Å². The Hall–Kier alpha value is -1.74. The number of ether oxygens (including phenoxy) is 1. The second-order valence-electron chi connectivity index (χ2n) is 4.98. The number of hydrogen-bond acceptors (Lipinski definition) is 5. The molecule has 0 saturated carbocycles. The number of carbonyl (C=O) groups is 1. The van der Waals surface area contributed by atoms with Gasteiger partial charge in [0.05, 0.1) is 23.0 Å². The molecule has 0 aliphatic carbocycles. The lowest BCUT2D eigenvalue weighted by atomic mass is 10.3. The molecule has 1 aliphatic heterocycles. The molecule has 122 valence electrons. The first kappa shape index (κ1) is 16.1. The van der Waals surface area contributed by atoms with Crippen molar-refractivity contribution >= 4 is 33.0 Å². The van der Waals surface area contributed by atoms with Gasteiger partial charge in [-0.1, -0.05) is 12.1 Å². The molecule has 1 saturated heterocycles. The Morgan fingerprint density at radius 3 is 2.65 bits per heavy atom. The number of benzene rings is 1. The van der Waals surface area contributed by atoms with Gasteiger partial charge in [-0.3, -0.25) is 4.79 Å². The molecule has 0 radical (unpaired) electrons. The van der Waals surface area contributed by atoms with E-state index in [1.54, 1.807) is 24.3 Å². The molecule has 2 heterocycles. The fourth-order valence-electron chi connectivity index (χ4n) is 2.27. The molecule has 23 heavy (non-hydrogen) atoms. The summed E-state index contributed by atoms with van der Waals surface area (Å²) in [4.78, 5) is 12.8. The van der Waals surface area contributed by atoms with Crippen molar-refractivity contribution < 1.29 is 17.9 Å². The summed E-state index contributed by atoms with van der Waals surface area (Å²) in [5, 5.41) is 4.54. The summed E-state index contributed by atoms with van der Waals surface area (Å²) in [7, 11) is -3.57. The maximum Gasteiger partial charge on any atom is 0.265 e. The van der Waals surface area contributed by atoms with E-state index >= 15 is 0 Å². The van der Waals surface area contributed by atoms with E-state index in [4.69, 9.17) is 4.74 Å². The van der Waals surface area contributed by atoms with Gasteiger partial charge >= 0.3 is 0 Å². The summed E-state index contributed by atoms with van der Waals surface area (Å²) >= 11 is 1.33. The lowest BCUT2D eigenvalue weighted by Crippen LogP contribution is -2.40. The monoisotopic (exact) mass is 352 g/mol. The molecule has 0 spiro atoms. The van der Waals surface area contributed by atoms with Crippen molar-refractivity contribution in [1.82, 2.24) is 4.31 Å². The zero-order valence-corrected chi connectivity index (χ0v) is 13.9. The van der Waals surface area contributed by atoms with E-state index in [0.29, 0.717) is 36.9 Å². The highest BCUT2D eigenvalue weighted by Crippen LogP contribution is 2.21. The van der Waals surface area contributed by atoms with Crippen molar-refractivity contribution in [2.75, 3.05) is 31.6 Å². The first-order valence-electron chi connectivity index (χ1n) is 7.10. The molecule has 1 amide bonds. The summed E-state index contributed by atoms with van der Waals surface area (Å²) in [5.41, 5.74) is 0.456. The van der Waals surface area contributed by atoms with Crippen LogP contribution in [0.1, 0.15) is 9.67 Å². The van der Waals surface area contributed by atoms with E-state index in [2.05, 4.69) is 5.32 Å². The number of nitrogens with zero attached hydrogens (tertiary/aromatic N) is 1. The highest BCUT2D eigenvalue weighted by molar-refractivity contribution is 7.89. The SMILES string of the molecule is O=C(Nc1cccc(S(=O)(=O)N2CCOCC2)c1)c1cccs1. The Morgan fingerprint density at radius 1 is 1.17 bits per heavy atom. The maximum atomic E-state index is 12.6. The Labute approximate surface area is 138 Å². The Balaban J connectivity index is 1.80. The first-order valence-corrected chi connectivity index (χ1v) is 9.42. The molecule has 1 aromatic carbocycles. The van der Waals surface area contributed by atoms with E-state index in [1.165, 1.54) is 27.8 Å². The number of carbonyl (C=O) groups excluding carboxylic acids is 1. The van der Waals surface area contributed by atoms with Crippen LogP contribution in [-0.4, -0.2) is 44.9 Å². The third-order valence-electron chi connectivity index (χ3n) is 3.44. The van der Waals surface area contributed by atoms with Crippen LogP contribution in [0.3, 0.4) is 0 Å². The van der Waals surface area contributed by atoms with Gasteiger partial charge < -0.3 is 10.1 Å². The average Bonchev–Trinajstić information content (AvgIpc) is 3.10. The summed E-state index contributed by atoms with van der Waals surface area (Å²) in [5.74, 6) is -0.249. The molecule has 0 atom stereocenters. The van der Waals surface area contributed by atoms with Gasteiger partial charge in [0.1, 0.15) is 0 Å². The number of amides is 1. The number of sulfonamides is 1. The van der Waals surface area contributed by atoms with Crippen molar-refractivity contribution in [3.8, 4) is 0 Å². The molecule has 0 unspecified atom stereocenters. The Kier molecular flexibility index (Phi) is 4.76. The van der Waals surface area contributed by atoms with Gasteiger partial charge in [0, 0.05) is 18.8 Å². The summed E-state index contributed by atoms with van der Waals surface area (Å²) in [6, 6.07) is 9.82. The Bertz CT molecular complexity index is 782. The standard InChI is InChI=1S/C15H16N2O4S2/c18-15(14-5-2-10-22-14)16-12-3-1-4-13(11-12)23(19,20)17-6-8-21-9-7-17/h1-5,10-11H,6-9H2,(H,16,18). The lowest BCUT2D eigenvalue weighted by Gasteiger charge is -2.26. The van der Waals surface area contributed by atoms with Crippen LogP contribution in [0.15, 0.2) is 46.7 Å². The zero-order chi connectivity index (χ0) is 16.3. The van der Waals surface area contributed by atoms with Crippen molar-refractivity contribution in [3.63, 3.8) is 0 Å². The molecule has 2 aromatic rings. The average molecular weight is 352 g/mol. The highest BCUT2D eigenvalue weighted by atomic mass is 32.2. The minimum Gasteiger partial charge on any atom is -0.379 e. The number of anilines is 1. The predicted octanol–water partition coefficient (Wildman–Crippen LogP) is 2.02. The fraction of sp³-hybridized carbons (Fsp3) is 0.267. The lowest BCUT2D eigenvalue weighted by molar-refractivity contribution is 0.0730. The fourth-order valence-corrected chi connectivity index (χ4v) is 4.34. The van der Waals surface area contributed by atoms with E-state index in [0.717, 1.165) is 0 Å². The highest BCUT2D eigenvalue weighted by Gasteiger charge is 2.26. The van der Waals surface area contributed by atoms with Gasteiger partial charge in [-0.15, -0.1) is 11.3 Å². The zero-order valence-electron chi connectivity index (χ0n) is 12.3. The van der Waals surface area contributed by atoms with Crippen molar-refractivity contribution in [2.24, 2.45) is 0 Å². The molecular weight excluding hydrogens is 336 g/mol. The number of rotatable bonds is 4. The van der Waals surface area contributed by atoms with Crippen LogP contribution in [0, 0.1) is 0 Å². The van der Waals surface area contributed by atoms with E-state index in [-0.39, 0.29) is 10.8 Å². The third kappa shape index (κ3) is 3.61. The smallest absolute Gasteiger partial charge is 0.265 e. The van der Waals surface area contributed by atoms with Gasteiger partial charge in [0.15, 0.2) is 0 Å². The van der Waals surface area contributed by atoms with Gasteiger partial charge in [0.2, 0.25) is 10.0 Å². The quantitative estimate of drug-likeness (QED) is 0.913. The number of morpholine rings is 1. The predicted molar refractivity (Wildman–Crippen MR) is 88.3 cm³/mol. The molecule has 1 N–H and O–H groups in total. The van der Waals surface area contributed by atoms with Gasteiger partial charge in [-0.2, -0.15) is 4.31 Å². The number of hydrogen-bond donors (Lipinski definition) is 1. The molecule has 0 bridgehead atoms. The van der Waals surface area contributed by atoms with Crippen LogP contribution in [0.2, 0.25) is 0 Å². The normalized spacial score (nSPS) is 16.2. The summed E-state index contributed by atoms with van der Waals surface area (Å²) in [6.45, 7) is 1.48. The minimum absolute atomic E-state index is 0.170. The summed E-state index contributed by atoms with van der Waals surface area (Å²) in [6.07, 6.45) is 0. The molecule has 8 heteroatoms.